The highest BCUT2D eigenvalue weighted by Crippen LogP contribution is 2.09. The van der Waals surface area contributed by atoms with Gasteiger partial charge in [0.25, 0.3) is 0 Å². The summed E-state index contributed by atoms with van der Waals surface area (Å²) in [6.07, 6.45) is 1.27. The quantitative estimate of drug-likeness (QED) is 0.813. The van der Waals surface area contributed by atoms with Gasteiger partial charge in [-0.2, -0.15) is 0 Å². The highest BCUT2D eigenvalue weighted by Gasteiger charge is 2.20. The van der Waals surface area contributed by atoms with Gasteiger partial charge in [-0.1, -0.05) is 24.6 Å². The minimum atomic E-state index is 0.861. The SMILES string of the molecule is CCC[NH+]1CCN(C(=S)Nc2ccc(C)cc2)CC1. The smallest absolute Gasteiger partial charge is 0.173 e. The molecule has 1 aliphatic rings. The second kappa shape index (κ2) is 6.87. The molecular formula is C15H24N3S+. The summed E-state index contributed by atoms with van der Waals surface area (Å²) in [5, 5.41) is 4.19. The van der Waals surface area contributed by atoms with E-state index >= 15 is 0 Å². The Labute approximate surface area is 121 Å². The Morgan fingerprint density at radius 2 is 1.89 bits per heavy atom. The largest absolute Gasteiger partial charge is 0.338 e. The van der Waals surface area contributed by atoms with Crippen LogP contribution in [0.25, 0.3) is 0 Å². The van der Waals surface area contributed by atoms with Crippen LogP contribution in [-0.2, 0) is 0 Å². The molecule has 0 bridgehead atoms. The molecule has 1 aromatic carbocycles. The second-order valence-corrected chi connectivity index (χ2v) is 5.67. The van der Waals surface area contributed by atoms with Gasteiger partial charge in [-0.15, -0.1) is 0 Å². The van der Waals surface area contributed by atoms with Crippen molar-refractivity contribution >= 4 is 23.0 Å². The molecule has 4 heteroatoms. The van der Waals surface area contributed by atoms with Crippen molar-refractivity contribution in [2.45, 2.75) is 20.3 Å². The van der Waals surface area contributed by atoms with Gasteiger partial charge >= 0.3 is 0 Å². The van der Waals surface area contributed by atoms with E-state index in [-0.39, 0.29) is 0 Å². The number of hydrogen-bond donors (Lipinski definition) is 2. The molecule has 0 aromatic heterocycles. The van der Waals surface area contributed by atoms with E-state index in [1.165, 1.54) is 31.6 Å². The van der Waals surface area contributed by atoms with Gasteiger partial charge < -0.3 is 15.1 Å². The third-order valence-electron chi connectivity index (χ3n) is 3.66. The number of nitrogens with zero attached hydrogens (tertiary/aromatic N) is 1. The summed E-state index contributed by atoms with van der Waals surface area (Å²) < 4.78 is 0. The van der Waals surface area contributed by atoms with Crippen LogP contribution >= 0.6 is 12.2 Å². The average molecular weight is 278 g/mol. The third kappa shape index (κ3) is 4.18. The summed E-state index contributed by atoms with van der Waals surface area (Å²) in [5.74, 6) is 0. The van der Waals surface area contributed by atoms with Crippen molar-refractivity contribution in [3.63, 3.8) is 0 Å². The zero-order valence-corrected chi connectivity index (χ0v) is 12.7. The molecule has 3 nitrogen and oxygen atoms in total. The Morgan fingerprint density at radius 3 is 2.47 bits per heavy atom. The van der Waals surface area contributed by atoms with E-state index in [4.69, 9.17) is 12.2 Å². The van der Waals surface area contributed by atoms with Crippen LogP contribution in [0.4, 0.5) is 5.69 Å². The van der Waals surface area contributed by atoms with Crippen molar-refractivity contribution in [1.82, 2.24) is 4.90 Å². The normalized spacial score (nSPS) is 16.4. The summed E-state index contributed by atoms with van der Waals surface area (Å²) in [7, 11) is 0. The highest BCUT2D eigenvalue weighted by atomic mass is 32.1. The lowest BCUT2D eigenvalue weighted by Crippen LogP contribution is -3.14. The molecule has 19 heavy (non-hydrogen) atoms. The maximum absolute atomic E-state index is 5.50. The summed E-state index contributed by atoms with van der Waals surface area (Å²) in [4.78, 5) is 3.99. The van der Waals surface area contributed by atoms with Crippen molar-refractivity contribution in [2.24, 2.45) is 0 Å². The molecule has 1 aromatic rings. The molecule has 0 aliphatic carbocycles. The van der Waals surface area contributed by atoms with Gasteiger partial charge in [0.05, 0.1) is 32.7 Å². The first-order valence-corrected chi connectivity index (χ1v) is 7.56. The molecule has 2 N–H and O–H groups in total. The van der Waals surface area contributed by atoms with E-state index in [1.54, 1.807) is 4.90 Å². The average Bonchev–Trinajstić information content (AvgIpc) is 2.42. The molecule has 0 amide bonds. The minimum absolute atomic E-state index is 0.861. The first-order chi connectivity index (χ1) is 9.19. The van der Waals surface area contributed by atoms with Gasteiger partial charge in [0, 0.05) is 5.69 Å². The molecule has 0 radical (unpaired) electrons. The first kappa shape index (κ1) is 14.3. The summed E-state index contributed by atoms with van der Waals surface area (Å²) >= 11 is 5.50. The van der Waals surface area contributed by atoms with E-state index < -0.39 is 0 Å². The van der Waals surface area contributed by atoms with Crippen LogP contribution in [0.3, 0.4) is 0 Å². The van der Waals surface area contributed by atoms with E-state index in [0.29, 0.717) is 0 Å². The number of rotatable bonds is 3. The number of piperazine rings is 1. The van der Waals surface area contributed by atoms with Crippen molar-refractivity contribution in [2.75, 3.05) is 38.0 Å². The van der Waals surface area contributed by atoms with Crippen molar-refractivity contribution in [1.29, 1.82) is 0 Å². The predicted octanol–water partition coefficient (Wildman–Crippen LogP) is 1.30. The number of aryl methyl sites for hydroxylation is 1. The molecule has 0 spiro atoms. The molecule has 1 aliphatic heterocycles. The monoisotopic (exact) mass is 278 g/mol. The third-order valence-corrected chi connectivity index (χ3v) is 4.02. The molecule has 0 atom stereocenters. The van der Waals surface area contributed by atoms with E-state index in [2.05, 4.69) is 48.3 Å². The van der Waals surface area contributed by atoms with Gasteiger partial charge in [-0.3, -0.25) is 0 Å². The number of hydrogen-bond acceptors (Lipinski definition) is 1. The molecule has 1 heterocycles. The number of nitrogens with one attached hydrogen (secondary N) is 2. The highest BCUT2D eigenvalue weighted by molar-refractivity contribution is 7.80. The maximum Gasteiger partial charge on any atom is 0.173 e. The van der Waals surface area contributed by atoms with Crippen molar-refractivity contribution in [3.8, 4) is 0 Å². The molecule has 1 saturated heterocycles. The van der Waals surface area contributed by atoms with Gasteiger partial charge in [-0.25, -0.2) is 0 Å². The Hall–Kier alpha value is -1.13. The lowest BCUT2D eigenvalue weighted by molar-refractivity contribution is -0.903. The lowest BCUT2D eigenvalue weighted by atomic mass is 10.2. The Morgan fingerprint density at radius 1 is 1.26 bits per heavy atom. The number of quaternary nitrogens is 1. The number of thiocarbonyl (C=S) groups is 1. The van der Waals surface area contributed by atoms with E-state index in [0.717, 1.165) is 23.9 Å². The first-order valence-electron chi connectivity index (χ1n) is 7.15. The lowest BCUT2D eigenvalue weighted by Gasteiger charge is -2.33. The topological polar surface area (TPSA) is 19.7 Å². The van der Waals surface area contributed by atoms with Crippen LogP contribution in [0.1, 0.15) is 18.9 Å². The van der Waals surface area contributed by atoms with Crippen molar-refractivity contribution in [3.05, 3.63) is 29.8 Å². The Bertz CT molecular complexity index is 408. The molecular weight excluding hydrogens is 254 g/mol. The minimum Gasteiger partial charge on any atom is -0.338 e. The van der Waals surface area contributed by atoms with Crippen LogP contribution in [-0.4, -0.2) is 42.7 Å². The van der Waals surface area contributed by atoms with E-state index in [1.807, 2.05) is 0 Å². The molecule has 0 unspecified atom stereocenters. The number of benzene rings is 1. The Kier molecular flexibility index (Phi) is 5.16. The fraction of sp³-hybridized carbons (Fsp3) is 0.533. The fourth-order valence-electron chi connectivity index (χ4n) is 2.47. The fourth-order valence-corrected chi connectivity index (χ4v) is 2.77. The molecule has 1 fully saturated rings. The van der Waals surface area contributed by atoms with Gasteiger partial charge in [0.15, 0.2) is 5.11 Å². The predicted molar refractivity (Wildman–Crippen MR) is 84.8 cm³/mol. The van der Waals surface area contributed by atoms with Gasteiger partial charge in [-0.05, 0) is 37.7 Å². The summed E-state index contributed by atoms with van der Waals surface area (Å²) in [5.41, 5.74) is 2.35. The van der Waals surface area contributed by atoms with Crippen LogP contribution in [0.5, 0.6) is 0 Å². The zero-order valence-electron chi connectivity index (χ0n) is 11.9. The van der Waals surface area contributed by atoms with Crippen LogP contribution in [0.2, 0.25) is 0 Å². The van der Waals surface area contributed by atoms with Gasteiger partial charge in [0.1, 0.15) is 0 Å². The second-order valence-electron chi connectivity index (χ2n) is 5.28. The molecule has 2 rings (SSSR count). The summed E-state index contributed by atoms with van der Waals surface area (Å²) in [6.45, 7) is 10.2. The maximum atomic E-state index is 5.50. The standard InChI is InChI=1S/C15H23N3S/c1-3-8-17-9-11-18(12-10-17)15(19)16-14-6-4-13(2)5-7-14/h4-7H,3,8-12H2,1-2H3,(H,16,19)/p+1. The van der Waals surface area contributed by atoms with Crippen LogP contribution in [0.15, 0.2) is 24.3 Å². The molecule has 0 saturated carbocycles. The summed E-state index contributed by atoms with van der Waals surface area (Å²) in [6, 6.07) is 8.38. The van der Waals surface area contributed by atoms with Gasteiger partial charge in [0.2, 0.25) is 0 Å². The van der Waals surface area contributed by atoms with Crippen molar-refractivity contribution < 1.29 is 4.90 Å². The number of anilines is 1. The molecule has 104 valence electrons. The zero-order chi connectivity index (χ0) is 13.7. The van der Waals surface area contributed by atoms with Crippen LogP contribution in [0, 0.1) is 6.92 Å². The Balaban J connectivity index is 1.83. The van der Waals surface area contributed by atoms with Crippen LogP contribution < -0.4 is 10.2 Å². The van der Waals surface area contributed by atoms with E-state index in [9.17, 15) is 0 Å².